The van der Waals surface area contributed by atoms with E-state index in [1.807, 2.05) is 42.3 Å². The van der Waals surface area contributed by atoms with E-state index >= 15 is 0 Å². The summed E-state index contributed by atoms with van der Waals surface area (Å²) in [5.41, 5.74) is 0. The van der Waals surface area contributed by atoms with Gasteiger partial charge in [-0.05, 0) is 25.5 Å². The summed E-state index contributed by atoms with van der Waals surface area (Å²) in [5, 5.41) is 3.36. The van der Waals surface area contributed by atoms with E-state index in [0.717, 1.165) is 18.1 Å². The molecule has 1 aromatic rings. The number of guanidine groups is 1. The van der Waals surface area contributed by atoms with Crippen LogP contribution in [0.5, 0.6) is 5.75 Å². The standard InChI is InChI=1S/C18H30N4O2.HI/c1-6-15(2)20-18(19-14-17(23)21(3)4)22(5)12-13-24-16-10-8-7-9-11-16;/h7-11,15H,6,12-14H2,1-5H3,(H,19,20);1H. The van der Waals surface area contributed by atoms with Crippen molar-refractivity contribution in [2.45, 2.75) is 26.3 Å². The highest BCUT2D eigenvalue weighted by molar-refractivity contribution is 14.0. The summed E-state index contributed by atoms with van der Waals surface area (Å²) in [6.45, 7) is 5.56. The maximum Gasteiger partial charge on any atom is 0.243 e. The van der Waals surface area contributed by atoms with Crippen LogP contribution >= 0.6 is 24.0 Å². The largest absolute Gasteiger partial charge is 0.492 e. The van der Waals surface area contributed by atoms with E-state index in [4.69, 9.17) is 4.74 Å². The molecule has 0 saturated carbocycles. The SMILES string of the molecule is CCC(C)NC(=NCC(=O)N(C)C)N(C)CCOc1ccccc1.I. The van der Waals surface area contributed by atoms with Gasteiger partial charge in [-0.25, -0.2) is 4.99 Å². The molecule has 0 spiro atoms. The van der Waals surface area contributed by atoms with Crippen molar-refractivity contribution < 1.29 is 9.53 Å². The van der Waals surface area contributed by atoms with Crippen LogP contribution in [0.25, 0.3) is 0 Å². The zero-order valence-electron chi connectivity index (χ0n) is 15.9. The third-order valence-corrected chi connectivity index (χ3v) is 3.65. The number of hydrogen-bond acceptors (Lipinski definition) is 3. The van der Waals surface area contributed by atoms with Crippen molar-refractivity contribution in [3.05, 3.63) is 30.3 Å². The molecule has 1 aromatic carbocycles. The minimum absolute atomic E-state index is 0. The number of amides is 1. The molecule has 25 heavy (non-hydrogen) atoms. The first kappa shape index (κ1) is 23.5. The molecule has 1 unspecified atom stereocenters. The monoisotopic (exact) mass is 462 g/mol. The molecule has 0 saturated heterocycles. The molecular formula is C18H31IN4O2. The smallest absolute Gasteiger partial charge is 0.243 e. The van der Waals surface area contributed by atoms with Gasteiger partial charge in [0.15, 0.2) is 5.96 Å². The molecule has 0 fully saturated rings. The lowest BCUT2D eigenvalue weighted by Crippen LogP contribution is -2.45. The molecule has 6 nitrogen and oxygen atoms in total. The highest BCUT2D eigenvalue weighted by Gasteiger charge is 2.11. The molecule has 142 valence electrons. The van der Waals surface area contributed by atoms with Gasteiger partial charge in [0, 0.05) is 27.2 Å². The van der Waals surface area contributed by atoms with Crippen molar-refractivity contribution in [3.8, 4) is 5.75 Å². The average molecular weight is 462 g/mol. The number of carbonyl (C=O) groups excluding carboxylic acids is 1. The van der Waals surface area contributed by atoms with Gasteiger partial charge in [-0.15, -0.1) is 24.0 Å². The van der Waals surface area contributed by atoms with Crippen LogP contribution < -0.4 is 10.1 Å². The molecule has 1 amide bonds. The van der Waals surface area contributed by atoms with E-state index in [1.165, 1.54) is 0 Å². The van der Waals surface area contributed by atoms with Crippen LogP contribution in [-0.2, 0) is 4.79 Å². The molecule has 0 aromatic heterocycles. The fourth-order valence-electron chi connectivity index (χ4n) is 1.81. The van der Waals surface area contributed by atoms with Crippen molar-refractivity contribution in [2.24, 2.45) is 4.99 Å². The Balaban J connectivity index is 0.00000576. The number of ether oxygens (including phenoxy) is 1. The van der Waals surface area contributed by atoms with Gasteiger partial charge in [-0.3, -0.25) is 4.79 Å². The first-order valence-electron chi connectivity index (χ1n) is 8.34. The minimum atomic E-state index is -0.0209. The van der Waals surface area contributed by atoms with Gasteiger partial charge in [0.25, 0.3) is 0 Å². The Kier molecular flexibility index (Phi) is 12.0. The van der Waals surface area contributed by atoms with E-state index in [9.17, 15) is 4.79 Å². The minimum Gasteiger partial charge on any atom is -0.492 e. The van der Waals surface area contributed by atoms with Crippen molar-refractivity contribution in [1.82, 2.24) is 15.1 Å². The lowest BCUT2D eigenvalue weighted by molar-refractivity contribution is -0.127. The molecule has 0 bridgehead atoms. The van der Waals surface area contributed by atoms with Gasteiger partial charge < -0.3 is 19.9 Å². The summed E-state index contributed by atoms with van der Waals surface area (Å²) in [4.78, 5) is 19.7. The Morgan fingerprint density at radius 3 is 2.44 bits per heavy atom. The first-order chi connectivity index (χ1) is 11.4. The predicted octanol–water partition coefficient (Wildman–Crippen LogP) is 2.45. The fourth-order valence-corrected chi connectivity index (χ4v) is 1.81. The Morgan fingerprint density at radius 2 is 1.88 bits per heavy atom. The lowest BCUT2D eigenvalue weighted by atomic mass is 10.3. The molecular weight excluding hydrogens is 431 g/mol. The topological polar surface area (TPSA) is 57.2 Å². The van der Waals surface area contributed by atoms with Gasteiger partial charge in [0.05, 0.1) is 6.54 Å². The summed E-state index contributed by atoms with van der Waals surface area (Å²) in [6.07, 6.45) is 0.981. The zero-order chi connectivity index (χ0) is 17.9. The Morgan fingerprint density at radius 1 is 1.24 bits per heavy atom. The molecule has 1 rings (SSSR count). The fraction of sp³-hybridized carbons (Fsp3) is 0.556. The average Bonchev–Trinajstić information content (AvgIpc) is 2.58. The summed E-state index contributed by atoms with van der Waals surface area (Å²) in [7, 11) is 5.41. The molecule has 7 heteroatoms. The highest BCUT2D eigenvalue weighted by atomic mass is 127. The summed E-state index contributed by atoms with van der Waals surface area (Å²) >= 11 is 0. The van der Waals surface area contributed by atoms with Crippen LogP contribution in [0.2, 0.25) is 0 Å². The van der Waals surface area contributed by atoms with Crippen LogP contribution in [0.15, 0.2) is 35.3 Å². The van der Waals surface area contributed by atoms with Crippen LogP contribution in [-0.4, -0.2) is 68.5 Å². The van der Waals surface area contributed by atoms with Gasteiger partial charge in [0.1, 0.15) is 18.9 Å². The maximum atomic E-state index is 11.8. The number of nitrogens with one attached hydrogen (secondary N) is 1. The number of carbonyl (C=O) groups is 1. The van der Waals surface area contributed by atoms with Crippen molar-refractivity contribution >= 4 is 35.8 Å². The summed E-state index contributed by atoms with van der Waals surface area (Å²) in [5.74, 6) is 1.55. The van der Waals surface area contributed by atoms with Crippen molar-refractivity contribution in [3.63, 3.8) is 0 Å². The van der Waals surface area contributed by atoms with Gasteiger partial charge in [-0.2, -0.15) is 0 Å². The summed E-state index contributed by atoms with van der Waals surface area (Å²) < 4.78 is 5.72. The first-order valence-corrected chi connectivity index (χ1v) is 8.34. The van der Waals surface area contributed by atoms with E-state index in [0.29, 0.717) is 13.2 Å². The van der Waals surface area contributed by atoms with Gasteiger partial charge in [0.2, 0.25) is 5.91 Å². The zero-order valence-corrected chi connectivity index (χ0v) is 18.2. The highest BCUT2D eigenvalue weighted by Crippen LogP contribution is 2.07. The molecule has 0 heterocycles. The normalized spacial score (nSPS) is 12.0. The van der Waals surface area contributed by atoms with E-state index in [2.05, 4.69) is 24.2 Å². The molecule has 0 radical (unpaired) electrons. The second kappa shape index (κ2) is 12.8. The van der Waals surface area contributed by atoms with Crippen LogP contribution in [0, 0.1) is 0 Å². The van der Waals surface area contributed by atoms with Crippen LogP contribution in [0.3, 0.4) is 0 Å². The number of nitrogens with zero attached hydrogens (tertiary/aromatic N) is 3. The van der Waals surface area contributed by atoms with Crippen LogP contribution in [0.1, 0.15) is 20.3 Å². The van der Waals surface area contributed by atoms with E-state index in [-0.39, 0.29) is 42.5 Å². The number of para-hydroxylation sites is 1. The quantitative estimate of drug-likeness (QED) is 0.367. The number of likely N-dealkylation sites (N-methyl/N-ethyl adjacent to an activating group) is 2. The maximum absolute atomic E-state index is 11.8. The molecule has 1 atom stereocenters. The molecule has 0 aliphatic rings. The van der Waals surface area contributed by atoms with Crippen molar-refractivity contribution in [1.29, 1.82) is 0 Å². The number of aliphatic imine (C=N–C) groups is 1. The predicted molar refractivity (Wildman–Crippen MR) is 114 cm³/mol. The van der Waals surface area contributed by atoms with E-state index < -0.39 is 0 Å². The molecule has 1 N–H and O–H groups in total. The number of rotatable bonds is 8. The number of halogens is 1. The molecule has 0 aliphatic heterocycles. The third-order valence-electron chi connectivity index (χ3n) is 3.65. The van der Waals surface area contributed by atoms with Crippen LogP contribution in [0.4, 0.5) is 0 Å². The summed E-state index contributed by atoms with van der Waals surface area (Å²) in [6, 6.07) is 10.0. The lowest BCUT2D eigenvalue weighted by Gasteiger charge is -2.25. The Bertz CT molecular complexity index is 523. The second-order valence-corrected chi connectivity index (χ2v) is 5.96. The second-order valence-electron chi connectivity index (χ2n) is 5.96. The number of benzene rings is 1. The Labute approximate surface area is 168 Å². The third kappa shape index (κ3) is 9.52. The van der Waals surface area contributed by atoms with Crippen molar-refractivity contribution in [2.75, 3.05) is 40.8 Å². The number of hydrogen-bond donors (Lipinski definition) is 1. The van der Waals surface area contributed by atoms with E-state index in [1.54, 1.807) is 19.0 Å². The Hall–Kier alpha value is -1.51. The van der Waals surface area contributed by atoms with Gasteiger partial charge >= 0.3 is 0 Å². The molecule has 0 aliphatic carbocycles. The van der Waals surface area contributed by atoms with Gasteiger partial charge in [-0.1, -0.05) is 25.1 Å².